The summed E-state index contributed by atoms with van der Waals surface area (Å²) in [5.41, 5.74) is 1.53. The predicted octanol–water partition coefficient (Wildman–Crippen LogP) is 4.76. The predicted molar refractivity (Wildman–Crippen MR) is 124 cm³/mol. The number of halogens is 2. The van der Waals surface area contributed by atoms with E-state index in [9.17, 15) is 14.0 Å². The smallest absolute Gasteiger partial charge is 0.272 e. The Morgan fingerprint density at radius 1 is 1.15 bits per heavy atom. The summed E-state index contributed by atoms with van der Waals surface area (Å²) in [6, 6.07) is 10.3. The fraction of sp³-hybridized carbons (Fsp3) is 0.0833. The minimum atomic E-state index is -0.431. The van der Waals surface area contributed by atoms with Gasteiger partial charge in [0, 0.05) is 31.0 Å². The molecule has 2 N–H and O–H groups in total. The van der Waals surface area contributed by atoms with Crippen molar-refractivity contribution in [2.45, 2.75) is 6.61 Å². The van der Waals surface area contributed by atoms with Crippen LogP contribution in [0.1, 0.15) is 21.6 Å². The maximum atomic E-state index is 13.4. The lowest BCUT2D eigenvalue weighted by molar-refractivity contribution is 0.104. The van der Waals surface area contributed by atoms with Gasteiger partial charge in [0.25, 0.3) is 5.56 Å². The Bertz CT molecular complexity index is 1630. The van der Waals surface area contributed by atoms with E-state index in [-0.39, 0.29) is 34.2 Å². The lowest BCUT2D eigenvalue weighted by Gasteiger charge is -2.09. The number of nitrogens with zero attached hydrogens (tertiary/aromatic N) is 2. The van der Waals surface area contributed by atoms with Crippen molar-refractivity contribution in [3.8, 4) is 11.5 Å². The third-order valence-electron chi connectivity index (χ3n) is 5.17. The normalized spacial score (nSPS) is 11.3. The van der Waals surface area contributed by atoms with Crippen LogP contribution in [0.4, 0.5) is 4.39 Å². The summed E-state index contributed by atoms with van der Waals surface area (Å²) < 4.78 is 24.1. The molecule has 0 unspecified atom stereocenters. The maximum Gasteiger partial charge on any atom is 0.272 e. The molecule has 0 saturated heterocycles. The van der Waals surface area contributed by atoms with Gasteiger partial charge >= 0.3 is 0 Å². The van der Waals surface area contributed by atoms with Crippen molar-refractivity contribution < 1.29 is 18.7 Å². The van der Waals surface area contributed by atoms with Gasteiger partial charge in [-0.15, -0.1) is 0 Å². The first-order valence-corrected chi connectivity index (χ1v) is 10.5. The summed E-state index contributed by atoms with van der Waals surface area (Å²) >= 11 is 6.41. The summed E-state index contributed by atoms with van der Waals surface area (Å²) in [7, 11) is 1.46. The van der Waals surface area contributed by atoms with Gasteiger partial charge in [0.1, 0.15) is 34.2 Å². The second-order valence-corrected chi connectivity index (χ2v) is 7.83. The van der Waals surface area contributed by atoms with Crippen LogP contribution in [0.2, 0.25) is 5.02 Å². The number of hydrogen-bond donors (Lipinski definition) is 2. The Morgan fingerprint density at radius 3 is 2.74 bits per heavy atom. The van der Waals surface area contributed by atoms with Crippen LogP contribution in [-0.2, 0) is 11.3 Å². The average Bonchev–Trinajstić information content (AvgIpc) is 3.24. The third-order valence-corrected chi connectivity index (χ3v) is 5.49. The van der Waals surface area contributed by atoms with Gasteiger partial charge in [0.2, 0.25) is 0 Å². The van der Waals surface area contributed by atoms with Gasteiger partial charge in [0.05, 0.1) is 34.3 Å². The van der Waals surface area contributed by atoms with Gasteiger partial charge in [-0.05, 0) is 24.3 Å². The van der Waals surface area contributed by atoms with Crippen LogP contribution in [0.15, 0.2) is 59.7 Å². The number of hydrogen-bond acceptors (Lipinski definition) is 6. The number of ether oxygens (including phenoxy) is 2. The summed E-state index contributed by atoms with van der Waals surface area (Å²) in [5.74, 6) is -0.152. The Kier molecular flexibility index (Phi) is 5.56. The number of fused-ring (bicyclic) bond motifs is 3. The number of aromatic amines is 2. The Morgan fingerprint density at radius 2 is 1.97 bits per heavy atom. The van der Waals surface area contributed by atoms with E-state index in [0.717, 1.165) is 0 Å². The molecule has 0 saturated carbocycles. The molecule has 3 heterocycles. The van der Waals surface area contributed by atoms with Crippen molar-refractivity contribution in [3.63, 3.8) is 0 Å². The number of aromatic nitrogens is 4. The highest BCUT2D eigenvalue weighted by molar-refractivity contribution is 6.36. The molecule has 170 valence electrons. The SMILES string of the molecule is COCc1nc2c(cnc3[nH]cc(C(=O)c4ccc(Oc5cccc(F)c5)cc4Cl)c32)[nH]c1=O. The lowest BCUT2D eigenvalue weighted by Crippen LogP contribution is -2.16. The van der Waals surface area contributed by atoms with Gasteiger partial charge in [0.15, 0.2) is 5.78 Å². The molecule has 0 fully saturated rings. The molecule has 34 heavy (non-hydrogen) atoms. The number of ketones is 1. The quantitative estimate of drug-likeness (QED) is 0.340. The van der Waals surface area contributed by atoms with Gasteiger partial charge in [-0.1, -0.05) is 17.7 Å². The molecule has 0 amide bonds. The Balaban J connectivity index is 1.56. The molecule has 0 bridgehead atoms. The molecule has 0 atom stereocenters. The van der Waals surface area contributed by atoms with Crippen LogP contribution in [0.5, 0.6) is 11.5 Å². The molecule has 0 radical (unpaired) electrons. The van der Waals surface area contributed by atoms with E-state index >= 15 is 0 Å². The van der Waals surface area contributed by atoms with Crippen LogP contribution in [-0.4, -0.2) is 32.8 Å². The number of benzene rings is 2. The van der Waals surface area contributed by atoms with E-state index in [1.807, 2.05) is 0 Å². The van der Waals surface area contributed by atoms with E-state index in [1.54, 1.807) is 12.1 Å². The number of carbonyl (C=O) groups is 1. The molecule has 0 aliphatic rings. The fourth-order valence-electron chi connectivity index (χ4n) is 3.64. The second-order valence-electron chi connectivity index (χ2n) is 7.42. The van der Waals surface area contributed by atoms with Gasteiger partial charge < -0.3 is 19.4 Å². The molecule has 5 aromatic rings. The first-order chi connectivity index (χ1) is 16.4. The van der Waals surface area contributed by atoms with E-state index in [2.05, 4.69) is 19.9 Å². The van der Waals surface area contributed by atoms with Crippen LogP contribution < -0.4 is 10.3 Å². The van der Waals surface area contributed by atoms with Gasteiger partial charge in [-0.25, -0.2) is 14.4 Å². The number of nitrogens with one attached hydrogen (secondary N) is 2. The summed E-state index contributed by atoms with van der Waals surface area (Å²) in [6.07, 6.45) is 2.99. The molecule has 2 aromatic carbocycles. The van der Waals surface area contributed by atoms with Crippen molar-refractivity contribution >= 4 is 39.5 Å². The van der Waals surface area contributed by atoms with Crippen LogP contribution >= 0.6 is 11.6 Å². The van der Waals surface area contributed by atoms with Crippen molar-refractivity contribution in [2.24, 2.45) is 0 Å². The Labute approximate surface area is 196 Å². The number of rotatable bonds is 6. The number of carbonyl (C=O) groups excluding carboxylic acids is 1. The lowest BCUT2D eigenvalue weighted by atomic mass is 10.0. The standard InChI is InChI=1S/C24H16ClFN4O4/c1-33-11-19-24(32)30-18-10-28-23-20(21(18)29-19)16(9-27-23)22(31)15-6-5-14(8-17(15)25)34-13-4-2-3-12(26)7-13/h2-10H,11H2,1H3,(H,27,28)(H,30,32). The zero-order chi connectivity index (χ0) is 23.8. The number of pyridine rings is 1. The molecule has 0 aliphatic carbocycles. The molecule has 8 nitrogen and oxygen atoms in total. The molecular formula is C24H16ClFN4O4. The van der Waals surface area contributed by atoms with Gasteiger partial charge in [-0.2, -0.15) is 0 Å². The zero-order valence-corrected chi connectivity index (χ0v) is 18.4. The highest BCUT2D eigenvalue weighted by Crippen LogP contribution is 2.31. The third kappa shape index (κ3) is 3.91. The van der Waals surface area contributed by atoms with Crippen LogP contribution in [0.25, 0.3) is 22.1 Å². The number of methoxy groups -OCH3 is 1. The summed E-state index contributed by atoms with van der Waals surface area (Å²) in [5, 5.41) is 0.607. The first kappa shape index (κ1) is 21.7. The van der Waals surface area contributed by atoms with E-state index in [4.69, 9.17) is 21.1 Å². The van der Waals surface area contributed by atoms with Crippen molar-refractivity contribution in [1.29, 1.82) is 0 Å². The minimum Gasteiger partial charge on any atom is -0.457 e. The average molecular weight is 479 g/mol. The minimum absolute atomic E-state index is 0.0153. The monoisotopic (exact) mass is 478 g/mol. The molecule has 10 heteroatoms. The molecular weight excluding hydrogens is 463 g/mol. The number of H-pyrrole nitrogens is 2. The maximum absolute atomic E-state index is 13.4. The van der Waals surface area contributed by atoms with Crippen molar-refractivity contribution in [2.75, 3.05) is 7.11 Å². The molecule has 0 aliphatic heterocycles. The molecule has 5 rings (SSSR count). The molecule has 3 aromatic heterocycles. The van der Waals surface area contributed by atoms with Gasteiger partial charge in [-0.3, -0.25) is 9.59 Å². The van der Waals surface area contributed by atoms with Crippen LogP contribution in [0, 0.1) is 5.82 Å². The first-order valence-electron chi connectivity index (χ1n) is 10.1. The summed E-state index contributed by atoms with van der Waals surface area (Å²) in [4.78, 5) is 40.0. The largest absolute Gasteiger partial charge is 0.457 e. The van der Waals surface area contributed by atoms with Crippen molar-refractivity contribution in [1.82, 2.24) is 19.9 Å². The highest BCUT2D eigenvalue weighted by Gasteiger charge is 2.21. The zero-order valence-electron chi connectivity index (χ0n) is 17.7. The Hall–Kier alpha value is -4.08. The molecule has 0 spiro atoms. The van der Waals surface area contributed by atoms with Crippen molar-refractivity contribution in [3.05, 3.63) is 92.9 Å². The van der Waals surface area contributed by atoms with Crippen LogP contribution in [0.3, 0.4) is 0 Å². The van der Waals surface area contributed by atoms with E-state index < -0.39 is 11.4 Å². The topological polar surface area (TPSA) is 110 Å². The highest BCUT2D eigenvalue weighted by atomic mass is 35.5. The summed E-state index contributed by atoms with van der Waals surface area (Å²) in [6.45, 7) is 0.0153. The fourth-order valence-corrected chi connectivity index (χ4v) is 3.89. The second kappa shape index (κ2) is 8.69. The van der Waals surface area contributed by atoms with E-state index in [0.29, 0.717) is 33.6 Å². The van der Waals surface area contributed by atoms with E-state index in [1.165, 1.54) is 49.8 Å².